The van der Waals surface area contributed by atoms with Crippen LogP contribution in [0.4, 0.5) is 0 Å². The van der Waals surface area contributed by atoms with E-state index in [9.17, 15) is 4.79 Å². The van der Waals surface area contributed by atoms with Crippen LogP contribution < -0.4 is 16.0 Å². The number of carbonyl (C=O) groups excluding carboxylic acids is 1. The van der Waals surface area contributed by atoms with Crippen molar-refractivity contribution in [1.29, 1.82) is 0 Å². The van der Waals surface area contributed by atoms with E-state index in [1.165, 1.54) is 38.5 Å². The summed E-state index contributed by atoms with van der Waals surface area (Å²) in [5.41, 5.74) is 0. The molecule has 1 aliphatic heterocycles. The van der Waals surface area contributed by atoms with E-state index in [1.54, 1.807) is 0 Å². The zero-order chi connectivity index (χ0) is 14.6. The first-order chi connectivity index (χ1) is 9.72. The summed E-state index contributed by atoms with van der Waals surface area (Å²) in [6, 6.07) is 0.961. The molecule has 4 heteroatoms. The molecule has 0 aromatic rings. The Balaban J connectivity index is 1.84. The largest absolute Gasteiger partial charge is 0.352 e. The van der Waals surface area contributed by atoms with Crippen molar-refractivity contribution in [3.05, 3.63) is 0 Å². The van der Waals surface area contributed by atoms with Gasteiger partial charge in [0.2, 0.25) is 5.91 Å². The van der Waals surface area contributed by atoms with Gasteiger partial charge in [-0.3, -0.25) is 4.79 Å². The molecule has 2 atom stereocenters. The molecule has 0 spiro atoms. The minimum absolute atomic E-state index is 0.201. The van der Waals surface area contributed by atoms with Gasteiger partial charge in [0.05, 0.1) is 0 Å². The molecule has 4 nitrogen and oxygen atoms in total. The van der Waals surface area contributed by atoms with E-state index in [2.05, 4.69) is 29.8 Å². The molecule has 1 rings (SSSR count). The molecule has 1 heterocycles. The second-order valence-electron chi connectivity index (χ2n) is 6.07. The summed E-state index contributed by atoms with van der Waals surface area (Å²) in [6.07, 6.45) is 9.76. The molecule has 0 aromatic heterocycles. The van der Waals surface area contributed by atoms with Gasteiger partial charge in [-0.25, -0.2) is 0 Å². The second-order valence-corrected chi connectivity index (χ2v) is 6.07. The Bertz CT molecular complexity index is 258. The molecular weight excluding hydrogens is 250 g/mol. The van der Waals surface area contributed by atoms with Gasteiger partial charge in [0.15, 0.2) is 0 Å². The lowest BCUT2D eigenvalue weighted by Gasteiger charge is -2.15. The minimum Gasteiger partial charge on any atom is -0.352 e. The number of nitrogens with one attached hydrogen (secondary N) is 3. The van der Waals surface area contributed by atoms with Crippen LogP contribution in [0.1, 0.15) is 65.2 Å². The number of rotatable bonds is 12. The summed E-state index contributed by atoms with van der Waals surface area (Å²) < 4.78 is 0. The molecule has 0 aromatic carbocycles. The maximum Gasteiger partial charge on any atom is 0.220 e. The number of amides is 1. The Kier molecular flexibility index (Phi) is 9.67. The van der Waals surface area contributed by atoms with Crippen molar-refractivity contribution >= 4 is 5.91 Å². The normalized spacial score (nSPS) is 20.1. The summed E-state index contributed by atoms with van der Waals surface area (Å²) in [6.45, 7) is 7.42. The van der Waals surface area contributed by atoms with E-state index in [0.717, 1.165) is 26.1 Å². The van der Waals surface area contributed by atoms with Crippen LogP contribution in [0.15, 0.2) is 0 Å². The van der Waals surface area contributed by atoms with Gasteiger partial charge >= 0.3 is 0 Å². The Morgan fingerprint density at radius 2 is 2.05 bits per heavy atom. The average Bonchev–Trinajstić information content (AvgIpc) is 2.84. The van der Waals surface area contributed by atoms with Crippen molar-refractivity contribution in [3.8, 4) is 0 Å². The van der Waals surface area contributed by atoms with Crippen molar-refractivity contribution < 1.29 is 4.79 Å². The van der Waals surface area contributed by atoms with Gasteiger partial charge in [0.1, 0.15) is 0 Å². The van der Waals surface area contributed by atoms with Gasteiger partial charge in [-0.1, -0.05) is 39.0 Å². The quantitative estimate of drug-likeness (QED) is 0.481. The lowest BCUT2D eigenvalue weighted by atomic mass is 10.1. The third kappa shape index (κ3) is 8.54. The topological polar surface area (TPSA) is 53.2 Å². The lowest BCUT2D eigenvalue weighted by Crippen LogP contribution is -2.39. The van der Waals surface area contributed by atoms with Gasteiger partial charge in [0.25, 0.3) is 0 Å². The van der Waals surface area contributed by atoms with E-state index in [4.69, 9.17) is 0 Å². The SMILES string of the molecule is CCCCCCCC(C)NCCNC[C@@H]1CCC(=O)N1. The second kappa shape index (κ2) is 11.1. The van der Waals surface area contributed by atoms with Gasteiger partial charge in [0, 0.05) is 38.1 Å². The lowest BCUT2D eigenvalue weighted by molar-refractivity contribution is -0.119. The molecule has 1 aliphatic rings. The zero-order valence-electron chi connectivity index (χ0n) is 13.3. The van der Waals surface area contributed by atoms with E-state index in [0.29, 0.717) is 18.5 Å². The standard InChI is InChI=1S/C16H33N3O/c1-3-4-5-6-7-8-14(2)18-12-11-17-13-15-9-10-16(20)19-15/h14-15,17-18H,3-13H2,1-2H3,(H,19,20)/t14?,15-/m0/s1. The highest BCUT2D eigenvalue weighted by Gasteiger charge is 2.19. The molecule has 0 radical (unpaired) electrons. The molecule has 1 amide bonds. The Morgan fingerprint density at radius 3 is 2.75 bits per heavy atom. The fourth-order valence-corrected chi connectivity index (χ4v) is 2.67. The minimum atomic E-state index is 0.201. The number of carbonyl (C=O) groups is 1. The molecule has 0 saturated carbocycles. The molecule has 1 saturated heterocycles. The predicted molar refractivity (Wildman–Crippen MR) is 84.9 cm³/mol. The smallest absolute Gasteiger partial charge is 0.220 e. The molecule has 20 heavy (non-hydrogen) atoms. The van der Waals surface area contributed by atoms with Crippen LogP contribution in [0.5, 0.6) is 0 Å². The van der Waals surface area contributed by atoms with E-state index in [1.807, 2.05) is 0 Å². The monoisotopic (exact) mass is 283 g/mol. The third-order valence-corrected chi connectivity index (χ3v) is 4.01. The number of hydrogen-bond acceptors (Lipinski definition) is 3. The Labute approximate surface area is 124 Å². The van der Waals surface area contributed by atoms with Crippen LogP contribution in [-0.4, -0.2) is 37.6 Å². The van der Waals surface area contributed by atoms with Crippen LogP contribution in [0.3, 0.4) is 0 Å². The fourth-order valence-electron chi connectivity index (χ4n) is 2.67. The van der Waals surface area contributed by atoms with Crippen molar-refractivity contribution in [2.45, 2.75) is 77.3 Å². The van der Waals surface area contributed by atoms with E-state index < -0.39 is 0 Å². The van der Waals surface area contributed by atoms with Crippen LogP contribution in [0.2, 0.25) is 0 Å². The summed E-state index contributed by atoms with van der Waals surface area (Å²) in [7, 11) is 0. The fraction of sp³-hybridized carbons (Fsp3) is 0.938. The molecule has 0 bridgehead atoms. The summed E-state index contributed by atoms with van der Waals surface area (Å²) in [4.78, 5) is 11.0. The van der Waals surface area contributed by atoms with Crippen molar-refractivity contribution in [2.75, 3.05) is 19.6 Å². The van der Waals surface area contributed by atoms with Gasteiger partial charge in [-0.15, -0.1) is 0 Å². The van der Waals surface area contributed by atoms with Crippen molar-refractivity contribution in [1.82, 2.24) is 16.0 Å². The first-order valence-electron chi connectivity index (χ1n) is 8.45. The molecular formula is C16H33N3O. The summed E-state index contributed by atoms with van der Waals surface area (Å²) in [5.74, 6) is 0.201. The molecule has 1 unspecified atom stereocenters. The summed E-state index contributed by atoms with van der Waals surface area (Å²) in [5, 5.41) is 9.94. The Morgan fingerprint density at radius 1 is 1.25 bits per heavy atom. The highest BCUT2D eigenvalue weighted by Crippen LogP contribution is 2.07. The van der Waals surface area contributed by atoms with Crippen LogP contribution in [0.25, 0.3) is 0 Å². The molecule has 3 N–H and O–H groups in total. The maximum atomic E-state index is 11.0. The van der Waals surface area contributed by atoms with Gasteiger partial charge < -0.3 is 16.0 Å². The third-order valence-electron chi connectivity index (χ3n) is 4.01. The van der Waals surface area contributed by atoms with Crippen LogP contribution >= 0.6 is 0 Å². The zero-order valence-corrected chi connectivity index (χ0v) is 13.3. The average molecular weight is 283 g/mol. The van der Waals surface area contributed by atoms with Gasteiger partial charge in [-0.05, 0) is 19.8 Å². The number of hydrogen-bond donors (Lipinski definition) is 3. The molecule has 1 fully saturated rings. The molecule has 0 aliphatic carbocycles. The first-order valence-corrected chi connectivity index (χ1v) is 8.45. The number of unbranched alkanes of at least 4 members (excludes halogenated alkanes) is 4. The van der Waals surface area contributed by atoms with E-state index in [-0.39, 0.29) is 5.91 Å². The Hall–Kier alpha value is -0.610. The van der Waals surface area contributed by atoms with Crippen LogP contribution in [-0.2, 0) is 4.79 Å². The highest BCUT2D eigenvalue weighted by molar-refractivity contribution is 5.78. The van der Waals surface area contributed by atoms with E-state index >= 15 is 0 Å². The van der Waals surface area contributed by atoms with Crippen LogP contribution in [0, 0.1) is 0 Å². The predicted octanol–water partition coefficient (Wildman–Crippen LogP) is 2.19. The van der Waals surface area contributed by atoms with Crippen molar-refractivity contribution in [3.63, 3.8) is 0 Å². The highest BCUT2D eigenvalue weighted by atomic mass is 16.1. The first kappa shape index (κ1) is 17.4. The molecule has 118 valence electrons. The van der Waals surface area contributed by atoms with Gasteiger partial charge in [-0.2, -0.15) is 0 Å². The van der Waals surface area contributed by atoms with Crippen molar-refractivity contribution in [2.24, 2.45) is 0 Å². The maximum absolute atomic E-state index is 11.0. The summed E-state index contributed by atoms with van der Waals surface area (Å²) >= 11 is 0.